The largest absolute Gasteiger partial charge is 0.453 e. The zero-order chi connectivity index (χ0) is 9.84. The van der Waals surface area contributed by atoms with E-state index >= 15 is 0 Å². The number of methoxy groups -OCH3 is 1. The molecule has 1 aliphatic carbocycles. The van der Waals surface area contributed by atoms with Gasteiger partial charge in [-0.25, -0.2) is 4.79 Å². The number of nitrogens with one attached hydrogen (secondary N) is 1. The standard InChI is InChI=1S/C10H19NO2/c1-7-4-5-9(6-8(7)2)11-10(12)13-3/h7-9H,4-6H2,1-3H3,(H,11,12). The molecule has 0 aromatic carbocycles. The van der Waals surface area contributed by atoms with Crippen molar-refractivity contribution in [3.63, 3.8) is 0 Å². The van der Waals surface area contributed by atoms with Crippen LogP contribution in [-0.2, 0) is 4.74 Å². The fraction of sp³-hybridized carbons (Fsp3) is 0.900. The van der Waals surface area contributed by atoms with Crippen molar-refractivity contribution in [3.05, 3.63) is 0 Å². The third-order valence-electron chi connectivity index (χ3n) is 3.11. The highest BCUT2D eigenvalue weighted by Crippen LogP contribution is 2.29. The summed E-state index contributed by atoms with van der Waals surface area (Å²) in [6.07, 6.45) is 3.07. The highest BCUT2D eigenvalue weighted by molar-refractivity contribution is 5.67. The highest BCUT2D eigenvalue weighted by atomic mass is 16.5. The molecule has 1 amide bonds. The molecule has 0 aromatic heterocycles. The average molecular weight is 185 g/mol. The number of carbonyl (C=O) groups excluding carboxylic acids is 1. The Bertz CT molecular complexity index is 182. The summed E-state index contributed by atoms with van der Waals surface area (Å²) in [7, 11) is 1.41. The Morgan fingerprint density at radius 3 is 2.54 bits per heavy atom. The Morgan fingerprint density at radius 1 is 1.31 bits per heavy atom. The van der Waals surface area contributed by atoms with E-state index in [4.69, 9.17) is 0 Å². The molecule has 3 atom stereocenters. The number of alkyl carbamates (subject to hydrolysis) is 1. The molecule has 1 aliphatic rings. The first-order chi connectivity index (χ1) is 6.13. The summed E-state index contributed by atoms with van der Waals surface area (Å²) < 4.78 is 4.56. The van der Waals surface area contributed by atoms with Gasteiger partial charge in [-0.2, -0.15) is 0 Å². The first kappa shape index (κ1) is 10.4. The molecule has 3 heteroatoms. The lowest BCUT2D eigenvalue weighted by atomic mass is 9.79. The molecule has 0 radical (unpaired) electrons. The van der Waals surface area contributed by atoms with E-state index < -0.39 is 0 Å². The monoisotopic (exact) mass is 185 g/mol. The van der Waals surface area contributed by atoms with Crippen molar-refractivity contribution >= 4 is 6.09 Å². The molecule has 1 saturated carbocycles. The molecule has 0 aromatic rings. The summed E-state index contributed by atoms with van der Waals surface area (Å²) in [6.45, 7) is 4.52. The molecule has 3 nitrogen and oxygen atoms in total. The van der Waals surface area contributed by atoms with Crippen molar-refractivity contribution < 1.29 is 9.53 Å². The zero-order valence-electron chi connectivity index (χ0n) is 8.67. The maximum atomic E-state index is 10.9. The maximum absolute atomic E-state index is 10.9. The number of ether oxygens (including phenoxy) is 1. The fourth-order valence-corrected chi connectivity index (χ4v) is 1.90. The van der Waals surface area contributed by atoms with Crippen molar-refractivity contribution in [3.8, 4) is 0 Å². The van der Waals surface area contributed by atoms with Crippen LogP contribution in [0.25, 0.3) is 0 Å². The van der Waals surface area contributed by atoms with Crippen LogP contribution < -0.4 is 5.32 Å². The smallest absolute Gasteiger partial charge is 0.407 e. The quantitative estimate of drug-likeness (QED) is 0.680. The second kappa shape index (κ2) is 4.49. The minimum atomic E-state index is -0.299. The van der Waals surface area contributed by atoms with Crippen LogP contribution in [0, 0.1) is 11.8 Å². The minimum Gasteiger partial charge on any atom is -0.453 e. The van der Waals surface area contributed by atoms with Crippen LogP contribution in [0.4, 0.5) is 4.79 Å². The zero-order valence-corrected chi connectivity index (χ0v) is 8.67. The van der Waals surface area contributed by atoms with E-state index in [9.17, 15) is 4.79 Å². The van der Waals surface area contributed by atoms with Gasteiger partial charge in [0.05, 0.1) is 7.11 Å². The van der Waals surface area contributed by atoms with Gasteiger partial charge in [0, 0.05) is 6.04 Å². The number of hydrogen-bond donors (Lipinski definition) is 1. The van der Waals surface area contributed by atoms with Crippen molar-refractivity contribution in [2.75, 3.05) is 7.11 Å². The first-order valence-corrected chi connectivity index (χ1v) is 4.98. The second-order valence-electron chi connectivity index (χ2n) is 4.10. The van der Waals surface area contributed by atoms with E-state index in [-0.39, 0.29) is 6.09 Å². The second-order valence-corrected chi connectivity index (χ2v) is 4.10. The number of rotatable bonds is 1. The fourth-order valence-electron chi connectivity index (χ4n) is 1.90. The molecule has 1 rings (SSSR count). The van der Waals surface area contributed by atoms with E-state index in [1.54, 1.807) is 0 Å². The van der Waals surface area contributed by atoms with Crippen LogP contribution in [-0.4, -0.2) is 19.2 Å². The van der Waals surface area contributed by atoms with E-state index in [0.29, 0.717) is 12.0 Å². The van der Waals surface area contributed by atoms with Crippen molar-refractivity contribution in [2.45, 2.75) is 39.2 Å². The van der Waals surface area contributed by atoms with Gasteiger partial charge in [0.1, 0.15) is 0 Å². The first-order valence-electron chi connectivity index (χ1n) is 4.98. The van der Waals surface area contributed by atoms with Crippen LogP contribution in [0.3, 0.4) is 0 Å². The third-order valence-corrected chi connectivity index (χ3v) is 3.11. The topological polar surface area (TPSA) is 38.3 Å². The number of carbonyl (C=O) groups is 1. The summed E-state index contributed by atoms with van der Waals surface area (Å²) in [5.41, 5.74) is 0. The van der Waals surface area contributed by atoms with E-state index in [1.807, 2.05) is 0 Å². The maximum Gasteiger partial charge on any atom is 0.407 e. The molecule has 0 saturated heterocycles. The van der Waals surface area contributed by atoms with E-state index in [2.05, 4.69) is 23.9 Å². The number of amides is 1. The molecule has 0 heterocycles. The van der Waals surface area contributed by atoms with E-state index in [0.717, 1.165) is 18.8 Å². The van der Waals surface area contributed by atoms with Gasteiger partial charge in [0.25, 0.3) is 0 Å². The van der Waals surface area contributed by atoms with Crippen molar-refractivity contribution in [1.29, 1.82) is 0 Å². The Labute approximate surface area is 79.8 Å². The van der Waals surface area contributed by atoms with Gasteiger partial charge in [-0.15, -0.1) is 0 Å². The molecule has 1 fully saturated rings. The van der Waals surface area contributed by atoms with Crippen LogP contribution in [0.1, 0.15) is 33.1 Å². The molecule has 13 heavy (non-hydrogen) atoms. The van der Waals surface area contributed by atoms with Gasteiger partial charge in [0.15, 0.2) is 0 Å². The van der Waals surface area contributed by atoms with Crippen LogP contribution in [0.5, 0.6) is 0 Å². The molecule has 0 bridgehead atoms. The third kappa shape index (κ3) is 2.90. The summed E-state index contributed by atoms with van der Waals surface area (Å²) in [6, 6.07) is 0.318. The Hall–Kier alpha value is -0.730. The van der Waals surface area contributed by atoms with Crippen LogP contribution in [0.2, 0.25) is 0 Å². The van der Waals surface area contributed by atoms with Crippen LogP contribution in [0.15, 0.2) is 0 Å². The van der Waals surface area contributed by atoms with Gasteiger partial charge >= 0.3 is 6.09 Å². The summed E-state index contributed by atoms with van der Waals surface area (Å²) >= 11 is 0. The average Bonchev–Trinajstić information content (AvgIpc) is 2.11. The molecule has 0 spiro atoms. The van der Waals surface area contributed by atoms with Gasteiger partial charge in [-0.3, -0.25) is 0 Å². The predicted octanol–water partition coefficient (Wildman–Crippen LogP) is 2.17. The highest BCUT2D eigenvalue weighted by Gasteiger charge is 2.25. The van der Waals surface area contributed by atoms with Gasteiger partial charge in [-0.05, 0) is 31.1 Å². The Kier molecular flexibility index (Phi) is 3.58. The van der Waals surface area contributed by atoms with Crippen molar-refractivity contribution in [1.82, 2.24) is 5.32 Å². The molecule has 1 N–H and O–H groups in total. The summed E-state index contributed by atoms with van der Waals surface area (Å²) in [5.74, 6) is 1.49. The van der Waals surface area contributed by atoms with Crippen LogP contribution >= 0.6 is 0 Å². The molecule has 0 aliphatic heterocycles. The summed E-state index contributed by atoms with van der Waals surface area (Å²) in [4.78, 5) is 10.9. The van der Waals surface area contributed by atoms with Gasteiger partial charge in [-0.1, -0.05) is 13.8 Å². The number of hydrogen-bond acceptors (Lipinski definition) is 2. The lowest BCUT2D eigenvalue weighted by Crippen LogP contribution is -2.39. The minimum absolute atomic E-state index is 0.299. The molecular weight excluding hydrogens is 166 g/mol. The van der Waals surface area contributed by atoms with E-state index in [1.165, 1.54) is 13.5 Å². The van der Waals surface area contributed by atoms with Gasteiger partial charge < -0.3 is 10.1 Å². The normalized spacial score (nSPS) is 33.9. The molecule has 3 unspecified atom stereocenters. The summed E-state index contributed by atoms with van der Waals surface area (Å²) in [5, 5.41) is 2.86. The molecule has 76 valence electrons. The lowest BCUT2D eigenvalue weighted by Gasteiger charge is -2.32. The SMILES string of the molecule is COC(=O)NC1CCC(C)C(C)C1. The van der Waals surface area contributed by atoms with Gasteiger partial charge in [0.2, 0.25) is 0 Å². The Balaban J connectivity index is 2.33. The molecular formula is C10H19NO2. The van der Waals surface area contributed by atoms with Crippen molar-refractivity contribution in [2.24, 2.45) is 11.8 Å². The Morgan fingerprint density at radius 2 is 2.00 bits per heavy atom. The lowest BCUT2D eigenvalue weighted by molar-refractivity contribution is 0.154. The predicted molar refractivity (Wildman–Crippen MR) is 51.5 cm³/mol.